The molecule has 1 unspecified atom stereocenters. The van der Waals surface area contributed by atoms with Gasteiger partial charge in [0.2, 0.25) is 0 Å². The van der Waals surface area contributed by atoms with Gasteiger partial charge in [0.25, 0.3) is 0 Å². The molecule has 1 saturated carbocycles. The molecule has 0 aliphatic heterocycles. The van der Waals surface area contributed by atoms with Gasteiger partial charge >= 0.3 is 0 Å². The summed E-state index contributed by atoms with van der Waals surface area (Å²) in [6.45, 7) is 27.0. The molecule has 2 aliphatic rings. The van der Waals surface area contributed by atoms with Gasteiger partial charge in [0, 0.05) is 10.0 Å². The van der Waals surface area contributed by atoms with Crippen molar-refractivity contribution in [3.8, 4) is 24.3 Å². The van der Waals surface area contributed by atoms with Crippen LogP contribution in [0.1, 0.15) is 197 Å². The first-order valence-electron chi connectivity index (χ1n) is 21.7. The highest BCUT2D eigenvalue weighted by Crippen LogP contribution is 2.41. The summed E-state index contributed by atoms with van der Waals surface area (Å²) in [7, 11) is -1.47. The first-order chi connectivity index (χ1) is 25.2. The van der Waals surface area contributed by atoms with E-state index in [9.17, 15) is 0 Å². The third kappa shape index (κ3) is 13.9. The van der Waals surface area contributed by atoms with E-state index in [0.717, 1.165) is 23.3 Å². The SMILES string of the molecule is C#C[Si](C(C)C)(C(C)C)C(C)C.C#Cc1c(C)cc(C2CCC(CCCCC)CC2)cc1C.CCCCCC1CC=C(c2cc(C)c(Br)c(C)c2)CC1. The van der Waals surface area contributed by atoms with E-state index in [1.807, 2.05) is 0 Å². The summed E-state index contributed by atoms with van der Waals surface area (Å²) in [5.74, 6) is 5.51. The number of unbranched alkanes of at least 4 members (excludes halogenated alkanes) is 4. The monoisotopic (exact) mass is 799 g/mol. The molecule has 0 nitrogen and oxygen atoms in total. The Labute approximate surface area is 339 Å². The maximum Gasteiger partial charge on any atom is 0.145 e. The van der Waals surface area contributed by atoms with Gasteiger partial charge in [-0.25, -0.2) is 0 Å². The van der Waals surface area contributed by atoms with Crippen LogP contribution in [0.4, 0.5) is 0 Å². The molecule has 4 rings (SSSR count). The molecule has 0 radical (unpaired) electrons. The zero-order valence-electron chi connectivity index (χ0n) is 36.5. The maximum atomic E-state index is 5.72. The van der Waals surface area contributed by atoms with E-state index in [1.165, 1.54) is 134 Å². The second-order valence-corrected chi connectivity index (χ2v) is 24.1. The lowest BCUT2D eigenvalue weighted by Crippen LogP contribution is -2.43. The van der Waals surface area contributed by atoms with Gasteiger partial charge in [0.15, 0.2) is 0 Å². The zero-order valence-corrected chi connectivity index (χ0v) is 39.1. The molecule has 0 heterocycles. The van der Waals surface area contributed by atoms with E-state index in [4.69, 9.17) is 12.8 Å². The van der Waals surface area contributed by atoms with Crippen molar-refractivity contribution in [2.24, 2.45) is 11.8 Å². The summed E-state index contributed by atoms with van der Waals surface area (Å²) >= 11 is 3.66. The van der Waals surface area contributed by atoms with E-state index in [2.05, 4.69) is 141 Å². The number of benzene rings is 2. The minimum atomic E-state index is -1.47. The van der Waals surface area contributed by atoms with E-state index >= 15 is 0 Å². The zero-order chi connectivity index (χ0) is 39.7. The van der Waals surface area contributed by atoms with Crippen molar-refractivity contribution >= 4 is 29.6 Å². The van der Waals surface area contributed by atoms with E-state index in [1.54, 1.807) is 5.57 Å². The van der Waals surface area contributed by atoms with Crippen LogP contribution in [0.25, 0.3) is 5.57 Å². The summed E-state index contributed by atoms with van der Waals surface area (Å²) in [4.78, 5) is 0. The van der Waals surface area contributed by atoms with Crippen molar-refractivity contribution in [3.05, 3.63) is 73.8 Å². The molecule has 1 atom stereocenters. The summed E-state index contributed by atoms with van der Waals surface area (Å²) in [6, 6.07) is 9.34. The van der Waals surface area contributed by atoms with Crippen molar-refractivity contribution in [3.63, 3.8) is 0 Å². The van der Waals surface area contributed by atoms with Crippen LogP contribution in [0, 0.1) is 63.8 Å². The summed E-state index contributed by atoms with van der Waals surface area (Å²) in [6.07, 6.45) is 34.5. The van der Waals surface area contributed by atoms with Crippen LogP contribution in [0.2, 0.25) is 16.6 Å². The molecule has 1 fully saturated rings. The van der Waals surface area contributed by atoms with Crippen LogP contribution in [-0.2, 0) is 0 Å². The number of hydrogen-bond acceptors (Lipinski definition) is 0. The Kier molecular flexibility index (Phi) is 21.2. The Balaban J connectivity index is 0.000000287. The second kappa shape index (κ2) is 23.8. The van der Waals surface area contributed by atoms with Gasteiger partial charge in [-0.15, -0.1) is 18.4 Å². The Bertz CT molecular complexity index is 1430. The van der Waals surface area contributed by atoms with Gasteiger partial charge in [-0.2, -0.15) is 0 Å². The standard InChI is InChI=1S/C21H30.C19H27Br.C11H22Si/c1-5-7-8-9-18-10-12-19(13-11-18)20-14-16(3)21(6-2)17(4)15-20;1-4-5-6-7-16-8-10-17(11-9-16)18-12-14(2)19(20)15(3)13-18;1-8-12(9(2)3,10(4)5)11(6)7/h2,14-15,18-19H,5,7-13H2,1,3-4H3;10,12-13,16H,4-9,11H2,1-3H3;1,9-11H,2-7H3. The van der Waals surface area contributed by atoms with Gasteiger partial charge in [-0.1, -0.05) is 159 Å². The van der Waals surface area contributed by atoms with Crippen LogP contribution in [0.5, 0.6) is 0 Å². The largest absolute Gasteiger partial charge is 0.145 e. The Morgan fingerprint density at radius 3 is 1.55 bits per heavy atom. The Hall–Kier alpha value is -2.00. The van der Waals surface area contributed by atoms with Crippen molar-refractivity contribution < 1.29 is 0 Å². The maximum absolute atomic E-state index is 5.72. The average molecular weight is 800 g/mol. The van der Waals surface area contributed by atoms with Gasteiger partial charge in [-0.3, -0.25) is 0 Å². The average Bonchev–Trinajstić information content (AvgIpc) is 3.12. The minimum absolute atomic E-state index is 0.697. The molecule has 2 aromatic carbocycles. The fraction of sp³-hybridized carbons (Fsp3) is 0.647. The molecule has 0 N–H and O–H groups in total. The second-order valence-electron chi connectivity index (χ2n) is 17.7. The lowest BCUT2D eigenvalue weighted by Gasteiger charge is -2.37. The van der Waals surface area contributed by atoms with E-state index in [-0.39, 0.29) is 0 Å². The Morgan fingerprint density at radius 1 is 0.679 bits per heavy atom. The smallest absolute Gasteiger partial charge is 0.134 e. The molecule has 2 heteroatoms. The van der Waals surface area contributed by atoms with Crippen molar-refractivity contribution in [1.82, 2.24) is 0 Å². The molecule has 2 aromatic rings. The van der Waals surface area contributed by atoms with Crippen LogP contribution < -0.4 is 0 Å². The fourth-order valence-electron chi connectivity index (χ4n) is 9.66. The molecule has 0 amide bonds. The number of hydrogen-bond donors (Lipinski definition) is 0. The highest BCUT2D eigenvalue weighted by Gasteiger charge is 2.41. The topological polar surface area (TPSA) is 0 Å². The van der Waals surface area contributed by atoms with Crippen LogP contribution in [0.3, 0.4) is 0 Å². The molecule has 0 aromatic heterocycles. The lowest BCUT2D eigenvalue weighted by atomic mass is 9.76. The van der Waals surface area contributed by atoms with Gasteiger partial charge < -0.3 is 0 Å². The van der Waals surface area contributed by atoms with Crippen LogP contribution in [0.15, 0.2) is 34.8 Å². The van der Waals surface area contributed by atoms with Gasteiger partial charge in [0.1, 0.15) is 8.07 Å². The third-order valence-electron chi connectivity index (χ3n) is 12.9. The highest BCUT2D eigenvalue weighted by atomic mass is 79.9. The highest BCUT2D eigenvalue weighted by molar-refractivity contribution is 9.10. The third-order valence-corrected chi connectivity index (χ3v) is 20.4. The number of terminal acetylenes is 2. The quantitative estimate of drug-likeness (QED) is 0.108. The molecule has 2 aliphatic carbocycles. The van der Waals surface area contributed by atoms with E-state index < -0.39 is 8.07 Å². The Morgan fingerprint density at radius 2 is 1.17 bits per heavy atom. The van der Waals surface area contributed by atoms with Crippen molar-refractivity contribution in [1.29, 1.82) is 0 Å². The molecular weight excluding hydrogens is 721 g/mol. The number of allylic oxidation sites excluding steroid dienone is 2. The van der Waals surface area contributed by atoms with Gasteiger partial charge in [0.05, 0.1) is 0 Å². The first kappa shape index (κ1) is 47.1. The lowest BCUT2D eigenvalue weighted by molar-refractivity contribution is 0.302. The van der Waals surface area contributed by atoms with Crippen molar-refractivity contribution in [2.75, 3.05) is 0 Å². The first-order valence-corrected chi connectivity index (χ1v) is 24.7. The molecular formula is C51H79BrSi. The fourth-order valence-corrected chi connectivity index (χ4v) is 14.9. The van der Waals surface area contributed by atoms with Crippen LogP contribution >= 0.6 is 15.9 Å². The summed E-state index contributed by atoms with van der Waals surface area (Å²) in [5, 5.41) is 0. The molecule has 53 heavy (non-hydrogen) atoms. The predicted octanol–water partition coefficient (Wildman–Crippen LogP) is 16.8. The summed E-state index contributed by atoms with van der Waals surface area (Å²) < 4.78 is 1.26. The normalized spacial score (nSPS) is 18.8. The molecule has 0 spiro atoms. The molecule has 0 bridgehead atoms. The number of rotatable bonds is 13. The minimum Gasteiger partial charge on any atom is -0.134 e. The van der Waals surface area contributed by atoms with Crippen molar-refractivity contribution in [2.45, 2.75) is 202 Å². The number of halogens is 1. The molecule has 0 saturated heterocycles. The summed E-state index contributed by atoms with van der Waals surface area (Å²) in [5.41, 5.74) is 16.1. The predicted molar refractivity (Wildman–Crippen MR) is 246 cm³/mol. The van der Waals surface area contributed by atoms with Crippen LogP contribution in [-0.4, -0.2) is 8.07 Å². The number of aryl methyl sites for hydroxylation is 4. The molecule has 294 valence electrons. The van der Waals surface area contributed by atoms with Gasteiger partial charge in [-0.05, 0) is 146 Å². The van der Waals surface area contributed by atoms with E-state index in [0.29, 0.717) is 16.6 Å².